The van der Waals surface area contributed by atoms with Crippen LogP contribution >= 0.6 is 0 Å². The average Bonchev–Trinajstić information content (AvgIpc) is 2.27. The maximum absolute atomic E-state index is 11.3. The van der Waals surface area contributed by atoms with Crippen molar-refractivity contribution in [1.29, 1.82) is 0 Å². The molecule has 0 heterocycles. The predicted octanol–water partition coefficient (Wildman–Crippen LogP) is 1.52. The smallest absolute Gasteiger partial charge is 0.311 e. The molecule has 1 aromatic rings. The number of Topliss-reactive ketones (excluding diaryl/α,β-unsaturated/α-hetero) is 1. The summed E-state index contributed by atoms with van der Waals surface area (Å²) in [4.78, 5) is 32.1. The third-order valence-electron chi connectivity index (χ3n) is 2.07. The molecule has 0 bridgehead atoms. The molecule has 1 aromatic carbocycles. The molecule has 0 saturated carbocycles. The molecular formula is C11H12N2O5. The largest absolute Gasteiger partial charge is 0.490 e. The summed E-state index contributed by atoms with van der Waals surface area (Å²) in [5, 5.41) is 13.1. The first-order chi connectivity index (χ1) is 8.43. The van der Waals surface area contributed by atoms with Gasteiger partial charge in [0.1, 0.15) is 5.78 Å². The third-order valence-corrected chi connectivity index (χ3v) is 2.07. The summed E-state index contributed by atoms with van der Waals surface area (Å²) in [6.07, 6.45) is -0.237. The Morgan fingerprint density at radius 3 is 2.61 bits per heavy atom. The second-order valence-corrected chi connectivity index (χ2v) is 3.57. The lowest BCUT2D eigenvalue weighted by Crippen LogP contribution is -2.14. The van der Waals surface area contributed by atoms with Crippen LogP contribution in [0.3, 0.4) is 0 Å². The fraction of sp³-hybridized carbons (Fsp3) is 0.273. The molecule has 0 radical (unpaired) electrons. The Labute approximate surface area is 103 Å². The molecule has 0 aliphatic rings. The molecule has 1 N–H and O–H groups in total. The number of ketones is 1. The molecule has 7 heteroatoms. The quantitative estimate of drug-likeness (QED) is 0.486. The van der Waals surface area contributed by atoms with Crippen LogP contribution in [0.2, 0.25) is 0 Å². The van der Waals surface area contributed by atoms with Crippen molar-refractivity contribution in [3.8, 4) is 5.75 Å². The summed E-state index contributed by atoms with van der Waals surface area (Å²) < 4.78 is 4.85. The van der Waals surface area contributed by atoms with Crippen molar-refractivity contribution in [2.75, 3.05) is 12.4 Å². The van der Waals surface area contributed by atoms with Gasteiger partial charge in [-0.2, -0.15) is 0 Å². The minimum Gasteiger partial charge on any atom is -0.490 e. The molecule has 1 rings (SSSR count). The van der Waals surface area contributed by atoms with E-state index in [2.05, 4.69) is 5.32 Å². The molecule has 0 aromatic heterocycles. The molecule has 18 heavy (non-hydrogen) atoms. The van der Waals surface area contributed by atoms with Gasteiger partial charge in [-0.3, -0.25) is 19.7 Å². The number of ether oxygens (including phenoxy) is 1. The molecule has 0 unspecified atom stereocenters. The lowest BCUT2D eigenvalue weighted by molar-refractivity contribution is -0.385. The van der Waals surface area contributed by atoms with Gasteiger partial charge in [0.2, 0.25) is 5.91 Å². The van der Waals surface area contributed by atoms with Crippen LogP contribution in [0.15, 0.2) is 18.2 Å². The van der Waals surface area contributed by atoms with Gasteiger partial charge in [0.25, 0.3) is 0 Å². The second kappa shape index (κ2) is 5.76. The predicted molar refractivity (Wildman–Crippen MR) is 63.6 cm³/mol. The summed E-state index contributed by atoms with van der Waals surface area (Å²) in [5.74, 6) is -0.694. The molecule has 0 aliphatic heterocycles. The molecule has 0 saturated heterocycles. The molecule has 0 atom stereocenters. The number of hydrogen-bond donors (Lipinski definition) is 1. The SMILES string of the molecule is COc1cc(NC(=O)CC(C)=O)ccc1[N+](=O)[O-]. The van der Waals surface area contributed by atoms with Crippen molar-refractivity contribution in [3.63, 3.8) is 0 Å². The zero-order valence-corrected chi connectivity index (χ0v) is 9.93. The zero-order chi connectivity index (χ0) is 13.7. The van der Waals surface area contributed by atoms with Gasteiger partial charge in [0.05, 0.1) is 18.5 Å². The van der Waals surface area contributed by atoms with Crippen LogP contribution in [0.5, 0.6) is 5.75 Å². The van der Waals surface area contributed by atoms with Crippen molar-refractivity contribution >= 4 is 23.1 Å². The van der Waals surface area contributed by atoms with E-state index in [0.717, 1.165) is 0 Å². The van der Waals surface area contributed by atoms with Crippen LogP contribution in [0.1, 0.15) is 13.3 Å². The number of nitrogens with one attached hydrogen (secondary N) is 1. The van der Waals surface area contributed by atoms with E-state index in [4.69, 9.17) is 4.74 Å². The number of amides is 1. The highest BCUT2D eigenvalue weighted by Gasteiger charge is 2.15. The lowest BCUT2D eigenvalue weighted by atomic mass is 10.2. The number of anilines is 1. The van der Waals surface area contributed by atoms with E-state index in [0.29, 0.717) is 5.69 Å². The van der Waals surface area contributed by atoms with Gasteiger partial charge in [0.15, 0.2) is 5.75 Å². The number of rotatable bonds is 5. The van der Waals surface area contributed by atoms with Gasteiger partial charge in [-0.1, -0.05) is 0 Å². The molecule has 7 nitrogen and oxygen atoms in total. The molecule has 1 amide bonds. The van der Waals surface area contributed by atoms with Gasteiger partial charge in [-0.25, -0.2) is 0 Å². The van der Waals surface area contributed by atoms with E-state index in [1.165, 1.54) is 32.2 Å². The van der Waals surface area contributed by atoms with Gasteiger partial charge < -0.3 is 10.1 Å². The number of nitrogens with zero attached hydrogens (tertiary/aromatic N) is 1. The summed E-state index contributed by atoms with van der Waals surface area (Å²) in [6.45, 7) is 1.30. The van der Waals surface area contributed by atoms with E-state index >= 15 is 0 Å². The van der Waals surface area contributed by atoms with Crippen molar-refractivity contribution in [2.24, 2.45) is 0 Å². The highest BCUT2D eigenvalue weighted by Crippen LogP contribution is 2.29. The van der Waals surface area contributed by atoms with Gasteiger partial charge >= 0.3 is 5.69 Å². The van der Waals surface area contributed by atoms with Crippen LogP contribution in [0, 0.1) is 10.1 Å². The molecule has 0 fully saturated rings. The van der Waals surface area contributed by atoms with Crippen molar-refractivity contribution in [2.45, 2.75) is 13.3 Å². The van der Waals surface area contributed by atoms with Gasteiger partial charge in [0, 0.05) is 17.8 Å². The minimum atomic E-state index is -0.583. The van der Waals surface area contributed by atoms with Crippen molar-refractivity contribution < 1.29 is 19.2 Å². The molecular weight excluding hydrogens is 240 g/mol. The zero-order valence-electron chi connectivity index (χ0n) is 9.93. The monoisotopic (exact) mass is 252 g/mol. The number of nitro benzene ring substituents is 1. The maximum atomic E-state index is 11.3. The fourth-order valence-corrected chi connectivity index (χ4v) is 1.34. The van der Waals surface area contributed by atoms with Gasteiger partial charge in [-0.05, 0) is 13.0 Å². The summed E-state index contributed by atoms with van der Waals surface area (Å²) >= 11 is 0. The first-order valence-corrected chi connectivity index (χ1v) is 5.05. The Bertz CT molecular complexity index is 498. The number of nitro groups is 1. The minimum absolute atomic E-state index is 0.0422. The van der Waals surface area contributed by atoms with Crippen LogP contribution < -0.4 is 10.1 Å². The standard InChI is InChI=1S/C11H12N2O5/c1-7(14)5-11(15)12-8-3-4-9(13(16)17)10(6-8)18-2/h3-4,6H,5H2,1-2H3,(H,12,15). The highest BCUT2D eigenvalue weighted by molar-refractivity contribution is 6.03. The van der Waals surface area contributed by atoms with E-state index in [-0.39, 0.29) is 23.6 Å². The number of methoxy groups -OCH3 is 1. The summed E-state index contributed by atoms with van der Waals surface area (Å²) in [6, 6.07) is 3.93. The van der Waals surface area contributed by atoms with Crippen LogP contribution in [0.25, 0.3) is 0 Å². The van der Waals surface area contributed by atoms with E-state index in [9.17, 15) is 19.7 Å². The Hall–Kier alpha value is -2.44. The fourth-order valence-electron chi connectivity index (χ4n) is 1.34. The second-order valence-electron chi connectivity index (χ2n) is 3.57. The first-order valence-electron chi connectivity index (χ1n) is 5.05. The summed E-state index contributed by atoms with van der Waals surface area (Å²) in [5.41, 5.74) is 0.144. The van der Waals surface area contributed by atoms with E-state index < -0.39 is 10.8 Å². The Kier molecular flexibility index (Phi) is 4.36. The summed E-state index contributed by atoms with van der Waals surface area (Å²) in [7, 11) is 1.30. The first kappa shape index (κ1) is 13.6. The topological polar surface area (TPSA) is 98.5 Å². The van der Waals surface area contributed by atoms with Crippen LogP contribution in [-0.2, 0) is 9.59 Å². The number of hydrogen-bond acceptors (Lipinski definition) is 5. The average molecular weight is 252 g/mol. The lowest BCUT2D eigenvalue weighted by Gasteiger charge is -2.06. The van der Waals surface area contributed by atoms with Gasteiger partial charge in [-0.15, -0.1) is 0 Å². The van der Waals surface area contributed by atoms with Crippen molar-refractivity contribution in [3.05, 3.63) is 28.3 Å². The van der Waals surface area contributed by atoms with E-state index in [1.807, 2.05) is 0 Å². The normalized spacial score (nSPS) is 9.67. The van der Waals surface area contributed by atoms with Crippen molar-refractivity contribution in [1.82, 2.24) is 0 Å². The van der Waals surface area contributed by atoms with Crippen LogP contribution in [0.4, 0.5) is 11.4 Å². The maximum Gasteiger partial charge on any atom is 0.311 e. The van der Waals surface area contributed by atoms with E-state index in [1.54, 1.807) is 0 Å². The molecule has 0 spiro atoms. The Morgan fingerprint density at radius 2 is 2.11 bits per heavy atom. The van der Waals surface area contributed by atoms with Crippen LogP contribution in [-0.4, -0.2) is 23.7 Å². The Balaban J connectivity index is 2.89. The molecule has 0 aliphatic carbocycles. The Morgan fingerprint density at radius 1 is 1.44 bits per heavy atom. The number of carbonyl (C=O) groups is 2. The number of carbonyl (C=O) groups excluding carboxylic acids is 2. The number of benzene rings is 1. The third kappa shape index (κ3) is 3.55. The highest BCUT2D eigenvalue weighted by atomic mass is 16.6. The molecule has 96 valence electrons.